The van der Waals surface area contributed by atoms with Crippen molar-refractivity contribution < 1.29 is 0 Å². The summed E-state index contributed by atoms with van der Waals surface area (Å²) < 4.78 is 0. The first kappa shape index (κ1) is 5.04. The maximum Gasteiger partial charge on any atom is 0.0136 e. The molecule has 1 fully saturated rings. The van der Waals surface area contributed by atoms with Crippen molar-refractivity contribution in [1.82, 2.24) is 0 Å². The smallest absolute Gasteiger partial charge is 0.0136 e. The van der Waals surface area contributed by atoms with Crippen LogP contribution in [0.2, 0.25) is 0 Å². The molecule has 2 aliphatic rings. The Bertz CT molecular complexity index is 184. The fourth-order valence-electron chi connectivity index (χ4n) is 1.53. The highest BCUT2D eigenvalue weighted by Gasteiger charge is 2.48. The zero-order chi connectivity index (χ0) is 6.32. The SMILES string of the molecule is C=CC1CC12C=CC=C2. The second-order valence-corrected chi connectivity index (χ2v) is 2.88. The minimum absolute atomic E-state index is 0.432. The van der Waals surface area contributed by atoms with Gasteiger partial charge in [0.1, 0.15) is 0 Å². The van der Waals surface area contributed by atoms with Crippen molar-refractivity contribution in [2.24, 2.45) is 11.3 Å². The van der Waals surface area contributed by atoms with Crippen LogP contribution in [0, 0.1) is 11.3 Å². The molecule has 0 amide bonds. The first-order chi connectivity index (χ1) is 4.37. The van der Waals surface area contributed by atoms with Gasteiger partial charge in [-0.05, 0) is 12.3 Å². The first-order valence-electron chi connectivity index (χ1n) is 3.37. The standard InChI is InChI=1S/C9H10/c1-2-8-7-9(8)5-3-4-6-9/h2-6,8H,1,7H2. The Labute approximate surface area is 55.6 Å². The van der Waals surface area contributed by atoms with E-state index in [0.29, 0.717) is 5.41 Å². The van der Waals surface area contributed by atoms with Gasteiger partial charge in [0, 0.05) is 5.41 Å². The summed E-state index contributed by atoms with van der Waals surface area (Å²) in [6.45, 7) is 3.77. The molecule has 2 rings (SSSR count). The van der Waals surface area contributed by atoms with Gasteiger partial charge in [-0.25, -0.2) is 0 Å². The molecule has 0 aliphatic heterocycles. The Hall–Kier alpha value is -0.780. The molecule has 1 unspecified atom stereocenters. The molecule has 2 aliphatic carbocycles. The maximum absolute atomic E-state index is 3.77. The van der Waals surface area contributed by atoms with Gasteiger partial charge in [-0.3, -0.25) is 0 Å². The van der Waals surface area contributed by atoms with Crippen LogP contribution in [0.4, 0.5) is 0 Å². The van der Waals surface area contributed by atoms with E-state index in [0.717, 1.165) is 5.92 Å². The Morgan fingerprint density at radius 2 is 2.11 bits per heavy atom. The van der Waals surface area contributed by atoms with E-state index in [1.54, 1.807) is 0 Å². The minimum atomic E-state index is 0.432. The van der Waals surface area contributed by atoms with Crippen LogP contribution in [0.1, 0.15) is 6.42 Å². The van der Waals surface area contributed by atoms with Gasteiger partial charge >= 0.3 is 0 Å². The van der Waals surface area contributed by atoms with Crippen molar-refractivity contribution in [3.8, 4) is 0 Å². The van der Waals surface area contributed by atoms with Crippen LogP contribution in [-0.4, -0.2) is 0 Å². The second kappa shape index (κ2) is 1.38. The van der Waals surface area contributed by atoms with E-state index in [4.69, 9.17) is 0 Å². The van der Waals surface area contributed by atoms with Crippen molar-refractivity contribution in [3.05, 3.63) is 37.0 Å². The summed E-state index contributed by atoms with van der Waals surface area (Å²) in [5.74, 6) is 0.729. The summed E-state index contributed by atoms with van der Waals surface area (Å²) in [7, 11) is 0. The molecular formula is C9H10. The monoisotopic (exact) mass is 118 g/mol. The molecular weight excluding hydrogens is 108 g/mol. The van der Waals surface area contributed by atoms with Gasteiger partial charge in [0.2, 0.25) is 0 Å². The third-order valence-corrected chi connectivity index (χ3v) is 2.31. The van der Waals surface area contributed by atoms with E-state index < -0.39 is 0 Å². The predicted molar refractivity (Wildman–Crippen MR) is 39.0 cm³/mol. The predicted octanol–water partition coefficient (Wildman–Crippen LogP) is 2.30. The number of hydrogen-bond acceptors (Lipinski definition) is 0. The molecule has 0 aromatic carbocycles. The normalized spacial score (nSPS) is 33.6. The molecule has 0 nitrogen and oxygen atoms in total. The molecule has 0 aromatic heterocycles. The highest BCUT2D eigenvalue weighted by atomic mass is 14.5. The molecule has 0 saturated heterocycles. The number of hydrogen-bond donors (Lipinski definition) is 0. The zero-order valence-corrected chi connectivity index (χ0v) is 5.38. The van der Waals surface area contributed by atoms with Gasteiger partial charge in [0.05, 0.1) is 0 Å². The fourth-order valence-corrected chi connectivity index (χ4v) is 1.53. The van der Waals surface area contributed by atoms with Crippen LogP contribution in [-0.2, 0) is 0 Å². The molecule has 1 saturated carbocycles. The third-order valence-electron chi connectivity index (χ3n) is 2.31. The topological polar surface area (TPSA) is 0 Å². The Kier molecular flexibility index (Phi) is 0.774. The molecule has 0 aromatic rings. The van der Waals surface area contributed by atoms with Gasteiger partial charge in [-0.15, -0.1) is 6.58 Å². The van der Waals surface area contributed by atoms with Crippen molar-refractivity contribution in [2.75, 3.05) is 0 Å². The minimum Gasteiger partial charge on any atom is -0.103 e. The molecule has 1 atom stereocenters. The molecule has 0 radical (unpaired) electrons. The second-order valence-electron chi connectivity index (χ2n) is 2.88. The fraction of sp³-hybridized carbons (Fsp3) is 0.333. The van der Waals surface area contributed by atoms with Crippen molar-refractivity contribution in [2.45, 2.75) is 6.42 Å². The highest BCUT2D eigenvalue weighted by Crippen LogP contribution is 2.57. The lowest BCUT2D eigenvalue weighted by Crippen LogP contribution is -1.88. The number of rotatable bonds is 1. The molecule has 46 valence electrons. The summed E-state index contributed by atoms with van der Waals surface area (Å²) >= 11 is 0. The molecule has 1 spiro atoms. The summed E-state index contributed by atoms with van der Waals surface area (Å²) in [5.41, 5.74) is 0.432. The van der Waals surface area contributed by atoms with E-state index in [2.05, 4.69) is 37.0 Å². The lowest BCUT2D eigenvalue weighted by Gasteiger charge is -1.96. The molecule has 9 heavy (non-hydrogen) atoms. The van der Waals surface area contributed by atoms with E-state index in [-0.39, 0.29) is 0 Å². The van der Waals surface area contributed by atoms with E-state index in [1.807, 2.05) is 0 Å². The van der Waals surface area contributed by atoms with Gasteiger partial charge < -0.3 is 0 Å². The third kappa shape index (κ3) is 0.533. The molecule has 0 heteroatoms. The average Bonchev–Trinajstić information content (AvgIpc) is 2.30. The zero-order valence-electron chi connectivity index (χ0n) is 5.38. The van der Waals surface area contributed by atoms with Crippen LogP contribution in [0.3, 0.4) is 0 Å². The molecule has 0 heterocycles. The van der Waals surface area contributed by atoms with Crippen molar-refractivity contribution in [1.29, 1.82) is 0 Å². The Morgan fingerprint density at radius 3 is 2.56 bits per heavy atom. The van der Waals surface area contributed by atoms with Crippen LogP contribution in [0.25, 0.3) is 0 Å². The van der Waals surface area contributed by atoms with Crippen molar-refractivity contribution in [3.63, 3.8) is 0 Å². The summed E-state index contributed by atoms with van der Waals surface area (Å²) in [4.78, 5) is 0. The summed E-state index contributed by atoms with van der Waals surface area (Å²) in [6, 6.07) is 0. The number of allylic oxidation sites excluding steroid dienone is 5. The molecule has 0 N–H and O–H groups in total. The van der Waals surface area contributed by atoms with Gasteiger partial charge in [-0.1, -0.05) is 30.4 Å². The maximum atomic E-state index is 3.77. The van der Waals surface area contributed by atoms with Crippen LogP contribution in [0.15, 0.2) is 37.0 Å². The largest absolute Gasteiger partial charge is 0.103 e. The summed E-state index contributed by atoms with van der Waals surface area (Å²) in [6.07, 6.45) is 12.1. The van der Waals surface area contributed by atoms with Crippen LogP contribution in [0.5, 0.6) is 0 Å². The Balaban J connectivity index is 2.23. The lowest BCUT2D eigenvalue weighted by atomic mass is 10.1. The quantitative estimate of drug-likeness (QED) is 0.463. The lowest BCUT2D eigenvalue weighted by molar-refractivity contribution is 0.805. The first-order valence-corrected chi connectivity index (χ1v) is 3.37. The average molecular weight is 118 g/mol. The van der Waals surface area contributed by atoms with E-state index in [1.165, 1.54) is 6.42 Å². The van der Waals surface area contributed by atoms with Crippen molar-refractivity contribution >= 4 is 0 Å². The van der Waals surface area contributed by atoms with Gasteiger partial charge in [-0.2, -0.15) is 0 Å². The van der Waals surface area contributed by atoms with Crippen LogP contribution < -0.4 is 0 Å². The molecule has 0 bridgehead atoms. The van der Waals surface area contributed by atoms with Gasteiger partial charge in [0.25, 0.3) is 0 Å². The van der Waals surface area contributed by atoms with Crippen LogP contribution >= 0.6 is 0 Å². The van der Waals surface area contributed by atoms with Gasteiger partial charge in [0.15, 0.2) is 0 Å². The Morgan fingerprint density at radius 1 is 1.44 bits per heavy atom. The van der Waals surface area contributed by atoms with E-state index in [9.17, 15) is 0 Å². The van der Waals surface area contributed by atoms with E-state index >= 15 is 0 Å². The summed E-state index contributed by atoms with van der Waals surface area (Å²) in [5, 5.41) is 0. The highest BCUT2D eigenvalue weighted by molar-refractivity contribution is 5.35.